The summed E-state index contributed by atoms with van der Waals surface area (Å²) >= 11 is 0. The molecular formula is C27H50N4O8. The van der Waals surface area contributed by atoms with E-state index >= 15 is 0 Å². The molecular weight excluding hydrogens is 508 g/mol. The quantitative estimate of drug-likeness (QED) is 0.378. The first-order valence-electron chi connectivity index (χ1n) is 13.6. The van der Waals surface area contributed by atoms with Gasteiger partial charge in [0.1, 0.15) is 16.8 Å². The number of hydrogen-bond acceptors (Lipinski definition) is 9. The molecule has 0 aromatic heterocycles. The maximum Gasteiger partial charge on any atom is 0.410 e. The average molecular weight is 559 g/mol. The van der Waals surface area contributed by atoms with Gasteiger partial charge in [0.2, 0.25) is 0 Å². The molecule has 1 saturated heterocycles. The SMILES string of the molecule is CCOC(=O)CN1CCN(C(=O)OC(C)(C)C)CCN(C(=O)OC(C)(C)C)CCN(C(=O)OC(C)(C)C)CC1. The van der Waals surface area contributed by atoms with Crippen LogP contribution in [0.5, 0.6) is 0 Å². The van der Waals surface area contributed by atoms with E-state index in [1.54, 1.807) is 69.2 Å². The Hall–Kier alpha value is -2.76. The van der Waals surface area contributed by atoms with Crippen LogP contribution in [0.15, 0.2) is 0 Å². The lowest BCUT2D eigenvalue weighted by Gasteiger charge is -2.35. The molecule has 0 N–H and O–H groups in total. The van der Waals surface area contributed by atoms with Crippen LogP contribution in [-0.4, -0.2) is 126 Å². The van der Waals surface area contributed by atoms with E-state index in [1.807, 2.05) is 4.90 Å². The molecule has 0 aliphatic carbocycles. The van der Waals surface area contributed by atoms with Crippen molar-refractivity contribution in [1.29, 1.82) is 0 Å². The Morgan fingerprint density at radius 3 is 1.08 bits per heavy atom. The first-order chi connectivity index (χ1) is 17.8. The Morgan fingerprint density at radius 2 is 0.821 bits per heavy atom. The first-order valence-corrected chi connectivity index (χ1v) is 13.6. The van der Waals surface area contributed by atoms with Crippen LogP contribution in [-0.2, 0) is 23.7 Å². The third-order valence-electron chi connectivity index (χ3n) is 5.27. The number of nitrogens with zero attached hydrogens (tertiary/aromatic N) is 4. The van der Waals surface area contributed by atoms with E-state index in [0.717, 1.165) is 0 Å². The lowest BCUT2D eigenvalue weighted by atomic mass is 10.2. The van der Waals surface area contributed by atoms with Gasteiger partial charge in [-0.05, 0) is 69.2 Å². The standard InChI is InChI=1S/C27H50N4O8/c1-11-36-21(32)20-28-12-14-29(22(33)37-25(2,3)4)16-18-31(24(35)39-27(8,9)10)19-17-30(15-13-28)23(34)38-26(5,6)7/h11-20H2,1-10H3. The zero-order chi connectivity index (χ0) is 30.0. The van der Waals surface area contributed by atoms with Crippen molar-refractivity contribution in [2.75, 3.05) is 65.5 Å². The van der Waals surface area contributed by atoms with Crippen molar-refractivity contribution in [3.63, 3.8) is 0 Å². The zero-order valence-corrected chi connectivity index (χ0v) is 25.6. The molecule has 226 valence electrons. The molecule has 1 aliphatic heterocycles. The molecule has 3 amide bonds. The van der Waals surface area contributed by atoms with Crippen molar-refractivity contribution in [3.8, 4) is 0 Å². The highest BCUT2D eigenvalue weighted by atomic mass is 16.6. The van der Waals surface area contributed by atoms with Crippen LogP contribution >= 0.6 is 0 Å². The van der Waals surface area contributed by atoms with Crippen molar-refractivity contribution in [3.05, 3.63) is 0 Å². The summed E-state index contributed by atoms with van der Waals surface area (Å²) in [5.74, 6) is -0.395. The van der Waals surface area contributed by atoms with Crippen LogP contribution in [0, 0.1) is 0 Å². The smallest absolute Gasteiger partial charge is 0.410 e. The molecule has 1 aliphatic rings. The van der Waals surface area contributed by atoms with Gasteiger partial charge in [0.25, 0.3) is 0 Å². The van der Waals surface area contributed by atoms with Gasteiger partial charge in [0.05, 0.1) is 13.2 Å². The molecule has 12 nitrogen and oxygen atoms in total. The predicted octanol–water partition coefficient (Wildman–Crippen LogP) is 3.58. The Bertz CT molecular complexity index is 785. The number of esters is 1. The Balaban J connectivity index is 3.28. The van der Waals surface area contributed by atoms with E-state index in [-0.39, 0.29) is 52.4 Å². The largest absolute Gasteiger partial charge is 0.465 e. The molecule has 0 spiro atoms. The number of amides is 3. The zero-order valence-electron chi connectivity index (χ0n) is 25.6. The monoisotopic (exact) mass is 558 g/mol. The number of hydrogen-bond donors (Lipinski definition) is 0. The van der Waals surface area contributed by atoms with Crippen molar-refractivity contribution < 1.29 is 38.1 Å². The minimum atomic E-state index is -0.718. The molecule has 1 heterocycles. The Kier molecular flexibility index (Phi) is 12.8. The summed E-state index contributed by atoms with van der Waals surface area (Å²) in [6.07, 6.45) is -1.58. The lowest BCUT2D eigenvalue weighted by molar-refractivity contribution is -0.144. The molecule has 0 saturated carbocycles. The van der Waals surface area contributed by atoms with Crippen molar-refractivity contribution >= 4 is 24.2 Å². The summed E-state index contributed by atoms with van der Waals surface area (Å²) in [5.41, 5.74) is -2.13. The van der Waals surface area contributed by atoms with Gasteiger partial charge in [0, 0.05) is 52.4 Å². The predicted molar refractivity (Wildman–Crippen MR) is 146 cm³/mol. The summed E-state index contributed by atoms with van der Waals surface area (Å²) in [4.78, 5) is 57.8. The fourth-order valence-corrected chi connectivity index (χ4v) is 3.53. The highest BCUT2D eigenvalue weighted by Crippen LogP contribution is 2.15. The molecule has 39 heavy (non-hydrogen) atoms. The molecule has 0 aromatic carbocycles. The van der Waals surface area contributed by atoms with Gasteiger partial charge < -0.3 is 33.6 Å². The van der Waals surface area contributed by atoms with Gasteiger partial charge in [-0.2, -0.15) is 0 Å². The summed E-state index contributed by atoms with van der Waals surface area (Å²) in [5, 5.41) is 0. The molecule has 0 aromatic rings. The number of rotatable bonds is 3. The van der Waals surface area contributed by atoms with Gasteiger partial charge in [-0.1, -0.05) is 0 Å². The summed E-state index contributed by atoms with van der Waals surface area (Å²) < 4.78 is 21.9. The lowest BCUT2D eigenvalue weighted by Crippen LogP contribution is -2.51. The fourth-order valence-electron chi connectivity index (χ4n) is 3.53. The maximum absolute atomic E-state index is 13.1. The van der Waals surface area contributed by atoms with Crippen LogP contribution in [0.4, 0.5) is 14.4 Å². The van der Waals surface area contributed by atoms with E-state index in [2.05, 4.69) is 0 Å². The van der Waals surface area contributed by atoms with E-state index in [4.69, 9.17) is 18.9 Å². The third kappa shape index (κ3) is 14.8. The minimum absolute atomic E-state index is 0.00217. The van der Waals surface area contributed by atoms with Gasteiger partial charge in [-0.15, -0.1) is 0 Å². The second-order valence-electron chi connectivity index (χ2n) is 12.5. The second-order valence-corrected chi connectivity index (χ2v) is 12.5. The van der Waals surface area contributed by atoms with Gasteiger partial charge in [-0.3, -0.25) is 9.69 Å². The number of carbonyl (C=O) groups is 4. The molecule has 12 heteroatoms. The second kappa shape index (κ2) is 14.6. The highest BCUT2D eigenvalue weighted by molar-refractivity contribution is 5.72. The van der Waals surface area contributed by atoms with E-state index in [9.17, 15) is 19.2 Å². The average Bonchev–Trinajstić information content (AvgIpc) is 2.72. The molecule has 0 radical (unpaired) electrons. The first kappa shape index (κ1) is 34.3. The number of ether oxygens (including phenoxy) is 4. The van der Waals surface area contributed by atoms with Crippen molar-refractivity contribution in [2.45, 2.75) is 86.0 Å². The summed E-state index contributed by atoms with van der Waals surface area (Å²) in [6, 6.07) is 0. The normalized spacial score (nSPS) is 17.0. The van der Waals surface area contributed by atoms with Crippen LogP contribution in [0.2, 0.25) is 0 Å². The van der Waals surface area contributed by atoms with E-state index in [1.165, 1.54) is 14.7 Å². The van der Waals surface area contributed by atoms with Gasteiger partial charge in [0.15, 0.2) is 0 Å². The Morgan fingerprint density at radius 1 is 0.538 bits per heavy atom. The number of carbonyl (C=O) groups excluding carboxylic acids is 4. The van der Waals surface area contributed by atoms with E-state index < -0.39 is 41.1 Å². The fraction of sp³-hybridized carbons (Fsp3) is 0.852. The van der Waals surface area contributed by atoms with Crippen LogP contribution in [0.3, 0.4) is 0 Å². The highest BCUT2D eigenvalue weighted by Gasteiger charge is 2.29. The molecule has 0 unspecified atom stereocenters. The minimum Gasteiger partial charge on any atom is -0.465 e. The van der Waals surface area contributed by atoms with Gasteiger partial charge >= 0.3 is 24.2 Å². The molecule has 0 bridgehead atoms. The molecule has 1 fully saturated rings. The molecule has 1 rings (SSSR count). The topological polar surface area (TPSA) is 118 Å². The van der Waals surface area contributed by atoms with E-state index in [0.29, 0.717) is 13.1 Å². The third-order valence-corrected chi connectivity index (χ3v) is 5.27. The van der Waals surface area contributed by atoms with Crippen LogP contribution < -0.4 is 0 Å². The van der Waals surface area contributed by atoms with Crippen LogP contribution in [0.25, 0.3) is 0 Å². The van der Waals surface area contributed by atoms with Crippen molar-refractivity contribution in [1.82, 2.24) is 19.6 Å². The summed E-state index contributed by atoms with van der Waals surface area (Å²) in [7, 11) is 0. The molecule has 0 atom stereocenters. The maximum atomic E-state index is 13.1. The van der Waals surface area contributed by atoms with Crippen LogP contribution in [0.1, 0.15) is 69.2 Å². The van der Waals surface area contributed by atoms with Crippen molar-refractivity contribution in [2.24, 2.45) is 0 Å². The Labute approximate surface area is 233 Å². The van der Waals surface area contributed by atoms with Gasteiger partial charge in [-0.25, -0.2) is 14.4 Å². The summed E-state index contributed by atoms with van der Waals surface area (Å²) in [6.45, 7) is 19.8.